The molecule has 0 amide bonds. The number of benzene rings is 1. The van der Waals surface area contributed by atoms with Crippen LogP contribution >= 0.6 is 11.3 Å². The Morgan fingerprint density at radius 2 is 2.06 bits per heavy atom. The molecule has 0 saturated heterocycles. The van der Waals surface area contributed by atoms with Gasteiger partial charge in [0.1, 0.15) is 5.82 Å². The highest BCUT2D eigenvalue weighted by molar-refractivity contribution is 7.20. The second kappa shape index (κ2) is 13.0. The molecule has 0 bridgehead atoms. The molecule has 1 aliphatic heterocycles. The largest absolute Gasteiger partial charge is 0.272 e. The van der Waals surface area contributed by atoms with Crippen molar-refractivity contribution in [1.29, 1.82) is 5.26 Å². The third-order valence-electron chi connectivity index (χ3n) is 5.86. The number of nitrogens with zero attached hydrogens (tertiary/aromatic N) is 3. The number of nitro benzene ring substituents is 1. The molecule has 5 nitrogen and oxygen atoms in total. The van der Waals surface area contributed by atoms with E-state index in [1.165, 1.54) is 32.8 Å². The zero-order chi connectivity index (χ0) is 25.3. The van der Waals surface area contributed by atoms with Gasteiger partial charge in [0.15, 0.2) is 0 Å². The van der Waals surface area contributed by atoms with E-state index < -0.39 is 10.7 Å². The number of rotatable bonds is 4. The van der Waals surface area contributed by atoms with Crippen molar-refractivity contribution >= 4 is 39.5 Å². The molecule has 178 valence electrons. The summed E-state index contributed by atoms with van der Waals surface area (Å²) < 4.78 is 14.0. The normalized spacial score (nSPS) is 13.6. The van der Waals surface area contributed by atoms with Gasteiger partial charge in [-0.05, 0) is 66.9 Å². The summed E-state index contributed by atoms with van der Waals surface area (Å²) in [5, 5.41) is 19.1. The number of fused-ring (bicyclic) bond motifs is 1. The highest BCUT2D eigenvalue weighted by atomic mass is 32.1. The first-order valence-electron chi connectivity index (χ1n) is 11.7. The van der Waals surface area contributed by atoms with E-state index in [4.69, 9.17) is 5.26 Å². The Hall–Kier alpha value is -3.05. The molecular weight excluding hydrogens is 448 g/mol. The average Bonchev–Trinajstić information content (AvgIpc) is 3.31. The topological polar surface area (TPSA) is 79.8 Å². The van der Waals surface area contributed by atoms with Gasteiger partial charge >= 0.3 is 0 Å². The predicted octanol–water partition coefficient (Wildman–Crippen LogP) is 8.22. The summed E-state index contributed by atoms with van der Waals surface area (Å²) >= 11 is 1.87. The van der Waals surface area contributed by atoms with Crippen molar-refractivity contribution in [3.05, 3.63) is 74.5 Å². The maximum atomic E-state index is 12.6. The van der Waals surface area contributed by atoms with Crippen LogP contribution in [0.15, 0.2) is 42.6 Å². The summed E-state index contributed by atoms with van der Waals surface area (Å²) in [4.78, 5) is 15.4. The summed E-state index contributed by atoms with van der Waals surface area (Å²) in [5.41, 5.74) is 4.14. The number of nitriles is 1. The molecule has 3 aromatic rings. The van der Waals surface area contributed by atoms with Gasteiger partial charge < -0.3 is 0 Å². The molecular formula is C26H31BFN3O2S. The minimum Gasteiger partial charge on any atom is -0.258 e. The van der Waals surface area contributed by atoms with E-state index in [0.717, 1.165) is 37.1 Å². The van der Waals surface area contributed by atoms with Gasteiger partial charge in [-0.2, -0.15) is 0 Å². The minimum absolute atomic E-state index is 0.205. The van der Waals surface area contributed by atoms with E-state index in [-0.39, 0.29) is 12.4 Å². The van der Waals surface area contributed by atoms with Crippen LogP contribution in [0.5, 0.6) is 0 Å². The Balaban J connectivity index is 0.000000266. The number of hydrogen-bond donors (Lipinski definition) is 0. The molecule has 0 saturated carbocycles. The van der Waals surface area contributed by atoms with E-state index in [1.54, 1.807) is 6.92 Å². The van der Waals surface area contributed by atoms with Gasteiger partial charge in [0.2, 0.25) is 0 Å². The Morgan fingerprint density at radius 3 is 2.62 bits per heavy atom. The van der Waals surface area contributed by atoms with Crippen molar-refractivity contribution in [2.45, 2.75) is 66.0 Å². The van der Waals surface area contributed by atoms with Gasteiger partial charge in [0.05, 0.1) is 21.2 Å². The van der Waals surface area contributed by atoms with Gasteiger partial charge in [-0.1, -0.05) is 40.1 Å². The number of aryl methyl sites for hydroxylation is 1. The SMILES string of the molecule is CC.CCC(C)c1ccnc2cc(C3=CCB(C#N)CC3)sc12.Cc1ccc([N+](=O)[O-])cc1F. The first-order valence-corrected chi connectivity index (χ1v) is 12.5. The second-order valence-electron chi connectivity index (χ2n) is 8.05. The van der Waals surface area contributed by atoms with Crippen LogP contribution in [0.4, 0.5) is 10.1 Å². The second-order valence-corrected chi connectivity index (χ2v) is 9.11. The van der Waals surface area contributed by atoms with Crippen molar-refractivity contribution in [2.75, 3.05) is 0 Å². The molecule has 0 radical (unpaired) electrons. The summed E-state index contributed by atoms with van der Waals surface area (Å²) in [6, 6.07) is 7.96. The predicted molar refractivity (Wildman–Crippen MR) is 141 cm³/mol. The molecule has 2 aromatic heterocycles. The number of nitro groups is 1. The van der Waals surface area contributed by atoms with Gasteiger partial charge in [-0.15, -0.1) is 11.3 Å². The van der Waals surface area contributed by atoms with Crippen LogP contribution < -0.4 is 0 Å². The van der Waals surface area contributed by atoms with Crippen LogP contribution in [0, 0.1) is 34.1 Å². The molecule has 0 spiro atoms. The van der Waals surface area contributed by atoms with Crippen LogP contribution in [-0.2, 0) is 0 Å². The number of hydrogen-bond acceptors (Lipinski definition) is 5. The smallest absolute Gasteiger partial charge is 0.258 e. The lowest BCUT2D eigenvalue weighted by Gasteiger charge is -2.12. The Labute approximate surface area is 205 Å². The molecule has 1 atom stereocenters. The van der Waals surface area contributed by atoms with E-state index in [2.05, 4.69) is 43.0 Å². The molecule has 0 N–H and O–H groups in total. The fourth-order valence-corrected chi connectivity index (χ4v) is 4.90. The van der Waals surface area contributed by atoms with Crippen LogP contribution in [-0.4, -0.2) is 16.6 Å². The van der Waals surface area contributed by atoms with E-state index in [9.17, 15) is 14.5 Å². The first-order chi connectivity index (χ1) is 16.3. The molecule has 1 aromatic carbocycles. The van der Waals surface area contributed by atoms with Gasteiger partial charge in [-0.25, -0.2) is 9.65 Å². The third kappa shape index (κ3) is 6.74. The molecule has 1 unspecified atom stereocenters. The average molecular weight is 479 g/mol. The quantitative estimate of drug-likeness (QED) is 0.214. The Morgan fingerprint density at radius 1 is 1.32 bits per heavy atom. The van der Waals surface area contributed by atoms with Crippen molar-refractivity contribution in [3.63, 3.8) is 0 Å². The van der Waals surface area contributed by atoms with Crippen molar-refractivity contribution < 1.29 is 9.31 Å². The summed E-state index contributed by atoms with van der Waals surface area (Å²) in [6.07, 6.45) is 8.24. The van der Waals surface area contributed by atoms with Gasteiger partial charge in [0, 0.05) is 23.1 Å². The van der Waals surface area contributed by atoms with Crippen LogP contribution in [0.25, 0.3) is 15.8 Å². The maximum Gasteiger partial charge on any atom is 0.272 e. The van der Waals surface area contributed by atoms with E-state index in [0.29, 0.717) is 11.5 Å². The lowest BCUT2D eigenvalue weighted by molar-refractivity contribution is -0.385. The molecule has 0 aliphatic carbocycles. The lowest BCUT2D eigenvalue weighted by Crippen LogP contribution is -2.11. The van der Waals surface area contributed by atoms with Crippen LogP contribution in [0.3, 0.4) is 0 Å². The molecule has 3 heterocycles. The Kier molecular flexibility index (Phi) is 10.4. The molecule has 4 rings (SSSR count). The maximum absolute atomic E-state index is 12.6. The molecule has 8 heteroatoms. The van der Waals surface area contributed by atoms with Crippen LogP contribution in [0.1, 0.15) is 62.5 Å². The molecule has 0 fully saturated rings. The number of pyridine rings is 1. The van der Waals surface area contributed by atoms with Crippen molar-refractivity contribution in [2.24, 2.45) is 0 Å². The highest BCUT2D eigenvalue weighted by Crippen LogP contribution is 2.38. The minimum atomic E-state index is -0.622. The number of allylic oxidation sites excluding steroid dienone is 2. The standard InChI is InChI=1S/C17H19BN2S.C7H6FNO2.C2H6/c1-3-12(2)14-6-9-20-15-10-16(21-17(14)15)13-4-7-18(11-19)8-5-13;1-5-2-3-6(9(10)11)4-7(5)8;1-2/h4,6,9-10,12H,3,5,7-8H2,1-2H3;2-4H,1H3;1-2H3. The van der Waals surface area contributed by atoms with Gasteiger partial charge in [-0.3, -0.25) is 15.1 Å². The lowest BCUT2D eigenvalue weighted by atomic mass is 9.44. The van der Waals surface area contributed by atoms with Crippen LogP contribution in [0.2, 0.25) is 12.6 Å². The Bertz CT molecular complexity index is 1200. The summed E-state index contributed by atoms with van der Waals surface area (Å²) in [7, 11) is 0. The highest BCUT2D eigenvalue weighted by Gasteiger charge is 2.20. The first kappa shape index (κ1) is 27.2. The van der Waals surface area contributed by atoms with E-state index in [1.807, 2.05) is 31.4 Å². The van der Waals surface area contributed by atoms with Crippen molar-refractivity contribution in [3.8, 4) is 5.97 Å². The number of thiophene rings is 1. The van der Waals surface area contributed by atoms with E-state index >= 15 is 0 Å². The molecule has 34 heavy (non-hydrogen) atoms. The van der Waals surface area contributed by atoms with Crippen molar-refractivity contribution in [1.82, 2.24) is 4.98 Å². The summed E-state index contributed by atoms with van der Waals surface area (Å²) in [5.74, 6) is 2.41. The number of non-ortho nitro benzene ring substituents is 1. The monoisotopic (exact) mass is 479 g/mol. The fourth-order valence-electron chi connectivity index (χ4n) is 3.59. The zero-order valence-electron chi connectivity index (χ0n) is 20.5. The zero-order valence-corrected chi connectivity index (χ0v) is 21.3. The van der Waals surface area contributed by atoms with Gasteiger partial charge in [0.25, 0.3) is 12.4 Å². The summed E-state index contributed by atoms with van der Waals surface area (Å²) in [6.45, 7) is 10.3. The molecule has 1 aliphatic rings. The number of halogens is 1. The number of aromatic nitrogens is 1. The fraction of sp³-hybridized carbons (Fsp3) is 0.385. The third-order valence-corrected chi connectivity index (χ3v) is 7.11.